The van der Waals surface area contributed by atoms with Gasteiger partial charge in [-0.15, -0.1) is 0 Å². The van der Waals surface area contributed by atoms with E-state index in [-0.39, 0.29) is 34.8 Å². The lowest BCUT2D eigenvalue weighted by Crippen LogP contribution is -2.40. The molecule has 2 aromatic carbocycles. The molecule has 2 aromatic rings. The predicted molar refractivity (Wildman–Crippen MR) is 112 cm³/mol. The van der Waals surface area contributed by atoms with E-state index in [0.717, 1.165) is 0 Å². The van der Waals surface area contributed by atoms with E-state index in [1.807, 2.05) is 0 Å². The number of nitrogens with zero attached hydrogens (tertiary/aromatic N) is 2. The summed E-state index contributed by atoms with van der Waals surface area (Å²) in [7, 11) is -2.42. The first-order valence-electron chi connectivity index (χ1n) is 9.26. The molecule has 0 radical (unpaired) electrons. The molecule has 2 N–H and O–H groups in total. The standard InChI is InChI=1S/C20H21N3O7S/c1-29-21-13-14-5-6-18(17(11-14)20(25)26)22-19(24)15-3-2-4-16(12-15)31(27,28)23-7-9-30-10-8-23/h2-6,11-13H,7-10H2,1H3,(H,22,24)(H,25,26)/b21-13+. The normalized spacial score (nSPS) is 15.0. The summed E-state index contributed by atoms with van der Waals surface area (Å²) in [6, 6.07) is 9.91. The van der Waals surface area contributed by atoms with E-state index in [4.69, 9.17) is 4.74 Å². The lowest BCUT2D eigenvalue weighted by Gasteiger charge is -2.26. The van der Waals surface area contributed by atoms with Crippen LogP contribution in [0.5, 0.6) is 0 Å². The fourth-order valence-corrected chi connectivity index (χ4v) is 4.42. The van der Waals surface area contributed by atoms with Gasteiger partial charge in [-0.2, -0.15) is 4.31 Å². The number of carboxylic acid groups (broad SMARTS) is 1. The number of carbonyl (C=O) groups excluding carboxylic acids is 1. The van der Waals surface area contributed by atoms with E-state index in [0.29, 0.717) is 18.8 Å². The number of carbonyl (C=O) groups is 2. The zero-order chi connectivity index (χ0) is 22.4. The molecule has 0 aromatic heterocycles. The molecule has 0 unspecified atom stereocenters. The number of benzene rings is 2. The molecule has 1 saturated heterocycles. The molecule has 1 fully saturated rings. The lowest BCUT2D eigenvalue weighted by molar-refractivity contribution is 0.0698. The fourth-order valence-electron chi connectivity index (χ4n) is 2.97. The number of anilines is 1. The molecule has 0 bridgehead atoms. The molecule has 1 heterocycles. The van der Waals surface area contributed by atoms with Gasteiger partial charge in [-0.25, -0.2) is 13.2 Å². The van der Waals surface area contributed by atoms with Crippen LogP contribution in [-0.2, 0) is 19.6 Å². The zero-order valence-electron chi connectivity index (χ0n) is 16.6. The summed E-state index contributed by atoms with van der Waals surface area (Å²) in [5.41, 5.74) is 0.463. The number of nitrogens with one attached hydrogen (secondary N) is 1. The average Bonchev–Trinajstić information content (AvgIpc) is 2.78. The largest absolute Gasteiger partial charge is 0.478 e. The highest BCUT2D eigenvalue weighted by Gasteiger charge is 2.27. The number of ether oxygens (including phenoxy) is 1. The van der Waals surface area contributed by atoms with Crippen LogP contribution in [0.3, 0.4) is 0 Å². The smallest absolute Gasteiger partial charge is 0.337 e. The number of carboxylic acids is 1. The van der Waals surface area contributed by atoms with Gasteiger partial charge in [0.05, 0.1) is 35.6 Å². The maximum atomic E-state index is 12.8. The molecule has 0 spiro atoms. The van der Waals surface area contributed by atoms with Crippen molar-refractivity contribution in [1.29, 1.82) is 0 Å². The molecule has 1 amide bonds. The van der Waals surface area contributed by atoms with Crippen molar-refractivity contribution in [2.24, 2.45) is 5.16 Å². The van der Waals surface area contributed by atoms with Gasteiger partial charge in [-0.3, -0.25) is 4.79 Å². The Hall–Kier alpha value is -3.28. The number of oxime groups is 1. The van der Waals surface area contributed by atoms with Gasteiger partial charge in [0, 0.05) is 18.7 Å². The first kappa shape index (κ1) is 22.4. The van der Waals surface area contributed by atoms with Crippen molar-refractivity contribution in [1.82, 2.24) is 4.31 Å². The molecule has 10 nitrogen and oxygen atoms in total. The lowest BCUT2D eigenvalue weighted by atomic mass is 10.1. The van der Waals surface area contributed by atoms with Gasteiger partial charge in [-0.1, -0.05) is 17.3 Å². The molecule has 11 heteroatoms. The molecule has 1 aliphatic heterocycles. The topological polar surface area (TPSA) is 135 Å². The van der Waals surface area contributed by atoms with Crippen molar-refractivity contribution >= 4 is 33.8 Å². The number of sulfonamides is 1. The highest BCUT2D eigenvalue weighted by Crippen LogP contribution is 2.21. The predicted octanol–water partition coefficient (Wildman–Crippen LogP) is 1.64. The Morgan fingerprint density at radius 3 is 2.61 bits per heavy atom. The van der Waals surface area contributed by atoms with Crippen molar-refractivity contribution in [2.75, 3.05) is 38.7 Å². The fraction of sp³-hybridized carbons (Fsp3) is 0.250. The second-order valence-corrected chi connectivity index (χ2v) is 8.46. The van der Waals surface area contributed by atoms with Crippen LogP contribution in [0.1, 0.15) is 26.3 Å². The van der Waals surface area contributed by atoms with Gasteiger partial charge >= 0.3 is 5.97 Å². The summed E-state index contributed by atoms with van der Waals surface area (Å²) in [5.74, 6) is -1.88. The molecule has 1 aliphatic rings. The second kappa shape index (κ2) is 9.69. The van der Waals surface area contributed by atoms with Gasteiger partial charge in [0.15, 0.2) is 0 Å². The quantitative estimate of drug-likeness (QED) is 0.487. The van der Waals surface area contributed by atoms with Crippen molar-refractivity contribution < 1.29 is 32.7 Å². The molecule has 164 valence electrons. The molecule has 0 saturated carbocycles. The highest BCUT2D eigenvalue weighted by molar-refractivity contribution is 7.89. The van der Waals surface area contributed by atoms with E-state index in [9.17, 15) is 23.1 Å². The van der Waals surface area contributed by atoms with Crippen molar-refractivity contribution in [2.45, 2.75) is 4.90 Å². The van der Waals surface area contributed by atoms with Gasteiger partial charge in [0.2, 0.25) is 10.0 Å². The first-order chi connectivity index (χ1) is 14.8. The summed E-state index contributed by atoms with van der Waals surface area (Å²) in [4.78, 5) is 28.9. The Labute approximate surface area is 179 Å². The Bertz CT molecular complexity index is 1110. The highest BCUT2D eigenvalue weighted by atomic mass is 32.2. The van der Waals surface area contributed by atoms with Crippen molar-refractivity contribution in [3.05, 3.63) is 59.2 Å². The summed E-state index contributed by atoms with van der Waals surface area (Å²) in [6.45, 7) is 1.09. The molecule has 0 atom stereocenters. The number of morpholine rings is 1. The van der Waals surface area contributed by atoms with Crippen LogP contribution in [0.15, 0.2) is 52.5 Å². The summed E-state index contributed by atoms with van der Waals surface area (Å²) < 4.78 is 32.1. The van der Waals surface area contributed by atoms with Crippen molar-refractivity contribution in [3.63, 3.8) is 0 Å². The number of hydrogen-bond acceptors (Lipinski definition) is 7. The summed E-state index contributed by atoms with van der Waals surface area (Å²) >= 11 is 0. The first-order valence-corrected chi connectivity index (χ1v) is 10.7. The third kappa shape index (κ3) is 5.26. The van der Waals surface area contributed by atoms with Crippen LogP contribution in [0.25, 0.3) is 0 Å². The number of hydrogen-bond donors (Lipinski definition) is 2. The van der Waals surface area contributed by atoms with Crippen LogP contribution in [-0.4, -0.2) is 69.3 Å². The van der Waals surface area contributed by atoms with E-state index in [1.165, 1.54) is 54.0 Å². The van der Waals surface area contributed by atoms with Crippen LogP contribution in [0, 0.1) is 0 Å². The van der Waals surface area contributed by atoms with E-state index < -0.39 is 21.9 Å². The maximum Gasteiger partial charge on any atom is 0.337 e. The van der Waals surface area contributed by atoms with Gasteiger partial charge in [-0.05, 0) is 35.9 Å². The van der Waals surface area contributed by atoms with E-state index >= 15 is 0 Å². The van der Waals surface area contributed by atoms with E-state index in [2.05, 4.69) is 15.3 Å². The van der Waals surface area contributed by atoms with E-state index in [1.54, 1.807) is 6.07 Å². The SMILES string of the molecule is CO/N=C/c1ccc(NC(=O)c2cccc(S(=O)(=O)N3CCOCC3)c2)c(C(=O)O)c1. The van der Waals surface area contributed by atoms with Crippen LogP contribution >= 0.6 is 0 Å². The third-order valence-corrected chi connectivity index (χ3v) is 6.43. The van der Waals surface area contributed by atoms with Gasteiger partial charge in [0.1, 0.15) is 7.11 Å². The summed E-state index contributed by atoms with van der Waals surface area (Å²) in [5, 5.41) is 15.6. The molecule has 31 heavy (non-hydrogen) atoms. The monoisotopic (exact) mass is 447 g/mol. The van der Waals surface area contributed by atoms with Crippen molar-refractivity contribution in [3.8, 4) is 0 Å². The minimum atomic E-state index is -3.77. The Kier molecular flexibility index (Phi) is 7.00. The number of amides is 1. The molecular weight excluding hydrogens is 426 g/mol. The molecular formula is C20H21N3O7S. The Balaban J connectivity index is 1.85. The number of rotatable bonds is 7. The van der Waals surface area contributed by atoms with Crippen LogP contribution in [0.2, 0.25) is 0 Å². The van der Waals surface area contributed by atoms with Gasteiger partial charge in [0.25, 0.3) is 5.91 Å². The van der Waals surface area contributed by atoms with Gasteiger partial charge < -0.3 is 20.0 Å². The van der Waals surface area contributed by atoms with Crippen LogP contribution < -0.4 is 5.32 Å². The molecule has 0 aliphatic carbocycles. The minimum Gasteiger partial charge on any atom is -0.478 e. The Morgan fingerprint density at radius 2 is 1.94 bits per heavy atom. The summed E-state index contributed by atoms with van der Waals surface area (Å²) in [6.07, 6.45) is 1.33. The number of aromatic carboxylic acids is 1. The second-order valence-electron chi connectivity index (χ2n) is 6.53. The average molecular weight is 447 g/mol. The zero-order valence-corrected chi connectivity index (χ0v) is 17.5. The maximum absolute atomic E-state index is 12.8. The van der Waals surface area contributed by atoms with Crippen LogP contribution in [0.4, 0.5) is 5.69 Å². The minimum absolute atomic E-state index is 0.0216. The molecule has 3 rings (SSSR count). The third-order valence-electron chi connectivity index (χ3n) is 4.53. The Morgan fingerprint density at radius 1 is 1.19 bits per heavy atom.